The van der Waals surface area contributed by atoms with Gasteiger partial charge in [0.1, 0.15) is 0 Å². The van der Waals surface area contributed by atoms with E-state index in [1.165, 1.54) is 0 Å². The summed E-state index contributed by atoms with van der Waals surface area (Å²) in [5, 5.41) is 0. The summed E-state index contributed by atoms with van der Waals surface area (Å²) in [4.78, 5) is 16.8. The van der Waals surface area contributed by atoms with E-state index in [1.807, 2.05) is 11.9 Å². The Hall–Kier alpha value is -0.610. The summed E-state index contributed by atoms with van der Waals surface area (Å²) in [5.74, 6) is 0.758. The minimum Gasteiger partial charge on any atom is -0.340 e. The van der Waals surface area contributed by atoms with Crippen LogP contribution in [-0.2, 0) is 4.79 Å². The van der Waals surface area contributed by atoms with Crippen molar-refractivity contribution >= 4 is 5.91 Å². The van der Waals surface area contributed by atoms with E-state index in [4.69, 9.17) is 5.73 Å². The second-order valence-corrected chi connectivity index (χ2v) is 6.79. The molecule has 0 aromatic carbocycles. The van der Waals surface area contributed by atoms with Gasteiger partial charge in [0.15, 0.2) is 0 Å². The highest BCUT2D eigenvalue weighted by Crippen LogP contribution is 2.25. The van der Waals surface area contributed by atoms with Crippen LogP contribution in [0, 0.1) is 11.3 Å². The van der Waals surface area contributed by atoms with Gasteiger partial charge in [0, 0.05) is 19.6 Å². The minimum absolute atomic E-state index is 0.0458. The first-order valence-electron chi connectivity index (χ1n) is 6.96. The molecule has 0 radical (unpaired) electrons. The average molecular weight is 255 g/mol. The van der Waals surface area contributed by atoms with E-state index in [9.17, 15) is 4.79 Å². The second-order valence-electron chi connectivity index (χ2n) is 6.79. The van der Waals surface area contributed by atoms with Crippen molar-refractivity contribution in [1.29, 1.82) is 0 Å². The predicted octanol–water partition coefficient (Wildman–Crippen LogP) is 1.16. The third-order valence-electron chi connectivity index (χ3n) is 3.45. The van der Waals surface area contributed by atoms with Crippen LogP contribution < -0.4 is 5.73 Å². The SMILES string of the molecule is CC(C)CN1CC(C)(C)CN(C)C(CCN)C1=O. The molecule has 18 heavy (non-hydrogen) atoms. The molecule has 0 aromatic rings. The highest BCUT2D eigenvalue weighted by Gasteiger charge is 2.37. The molecular weight excluding hydrogens is 226 g/mol. The van der Waals surface area contributed by atoms with Crippen molar-refractivity contribution in [2.24, 2.45) is 17.1 Å². The fourth-order valence-electron chi connectivity index (χ4n) is 2.93. The van der Waals surface area contributed by atoms with Gasteiger partial charge in [-0.25, -0.2) is 0 Å². The molecule has 0 aromatic heterocycles. The zero-order chi connectivity index (χ0) is 13.9. The van der Waals surface area contributed by atoms with Crippen LogP contribution in [-0.4, -0.2) is 55.0 Å². The van der Waals surface area contributed by atoms with E-state index in [0.717, 1.165) is 26.1 Å². The van der Waals surface area contributed by atoms with Crippen molar-refractivity contribution in [1.82, 2.24) is 9.80 Å². The summed E-state index contributed by atoms with van der Waals surface area (Å²) in [6.45, 7) is 12.0. The molecule has 0 aliphatic carbocycles. The van der Waals surface area contributed by atoms with Crippen LogP contribution in [0.4, 0.5) is 0 Å². The molecule has 1 rings (SSSR count). The lowest BCUT2D eigenvalue weighted by atomic mass is 9.92. The Balaban J connectivity index is 2.92. The molecule has 2 N–H and O–H groups in total. The van der Waals surface area contributed by atoms with Gasteiger partial charge in [0.05, 0.1) is 6.04 Å². The number of amides is 1. The molecule has 1 aliphatic heterocycles. The molecule has 1 atom stereocenters. The lowest BCUT2D eigenvalue weighted by Crippen LogP contribution is -2.46. The fraction of sp³-hybridized carbons (Fsp3) is 0.929. The Morgan fingerprint density at radius 2 is 2.00 bits per heavy atom. The lowest BCUT2D eigenvalue weighted by molar-refractivity contribution is -0.136. The van der Waals surface area contributed by atoms with E-state index >= 15 is 0 Å². The zero-order valence-corrected chi connectivity index (χ0v) is 12.6. The van der Waals surface area contributed by atoms with E-state index in [2.05, 4.69) is 32.6 Å². The first-order valence-corrected chi connectivity index (χ1v) is 6.96. The highest BCUT2D eigenvalue weighted by molar-refractivity contribution is 5.82. The highest BCUT2D eigenvalue weighted by atomic mass is 16.2. The minimum atomic E-state index is -0.0458. The van der Waals surface area contributed by atoms with Crippen LogP contribution in [0.2, 0.25) is 0 Å². The Kier molecular flexibility index (Phi) is 5.17. The monoisotopic (exact) mass is 255 g/mol. The number of nitrogens with zero attached hydrogens (tertiary/aromatic N) is 2. The Bertz CT molecular complexity index is 289. The van der Waals surface area contributed by atoms with Crippen molar-refractivity contribution < 1.29 is 4.79 Å². The van der Waals surface area contributed by atoms with E-state index in [1.54, 1.807) is 0 Å². The molecule has 4 nitrogen and oxygen atoms in total. The summed E-state index contributed by atoms with van der Waals surface area (Å²) in [6, 6.07) is -0.0458. The van der Waals surface area contributed by atoms with E-state index in [-0.39, 0.29) is 17.4 Å². The number of carbonyl (C=O) groups is 1. The number of nitrogens with two attached hydrogens (primary N) is 1. The Morgan fingerprint density at radius 3 is 2.50 bits per heavy atom. The fourth-order valence-corrected chi connectivity index (χ4v) is 2.93. The van der Waals surface area contributed by atoms with Gasteiger partial charge >= 0.3 is 0 Å². The molecular formula is C14H29N3O. The number of hydrogen-bond donors (Lipinski definition) is 1. The molecule has 0 saturated carbocycles. The van der Waals surface area contributed by atoms with E-state index < -0.39 is 0 Å². The molecule has 1 saturated heterocycles. The van der Waals surface area contributed by atoms with Crippen LogP contribution >= 0.6 is 0 Å². The van der Waals surface area contributed by atoms with Gasteiger partial charge in [-0.05, 0) is 31.3 Å². The van der Waals surface area contributed by atoms with Crippen molar-refractivity contribution in [3.05, 3.63) is 0 Å². The third-order valence-corrected chi connectivity index (χ3v) is 3.45. The van der Waals surface area contributed by atoms with Gasteiger partial charge in [-0.1, -0.05) is 27.7 Å². The maximum absolute atomic E-state index is 12.6. The average Bonchev–Trinajstić information content (AvgIpc) is 2.27. The molecule has 106 valence electrons. The topological polar surface area (TPSA) is 49.6 Å². The van der Waals surface area contributed by atoms with Crippen LogP contribution in [0.15, 0.2) is 0 Å². The van der Waals surface area contributed by atoms with Crippen LogP contribution in [0.25, 0.3) is 0 Å². The summed E-state index contributed by atoms with van der Waals surface area (Å²) >= 11 is 0. The third kappa shape index (κ3) is 3.95. The van der Waals surface area contributed by atoms with Gasteiger partial charge in [0.25, 0.3) is 0 Å². The molecule has 1 heterocycles. The quantitative estimate of drug-likeness (QED) is 0.820. The summed E-state index contributed by atoms with van der Waals surface area (Å²) < 4.78 is 0. The lowest BCUT2D eigenvalue weighted by Gasteiger charge is -2.30. The van der Waals surface area contributed by atoms with Crippen molar-refractivity contribution in [3.63, 3.8) is 0 Å². The summed E-state index contributed by atoms with van der Waals surface area (Å²) in [6.07, 6.45) is 0.750. The maximum atomic E-state index is 12.6. The van der Waals surface area contributed by atoms with Crippen molar-refractivity contribution in [3.8, 4) is 0 Å². The molecule has 1 fully saturated rings. The van der Waals surface area contributed by atoms with Crippen LogP contribution in [0.5, 0.6) is 0 Å². The Morgan fingerprint density at radius 1 is 1.39 bits per heavy atom. The normalized spacial score (nSPS) is 25.6. The first-order chi connectivity index (χ1) is 8.26. The Labute approximate surface area is 111 Å². The molecule has 0 bridgehead atoms. The number of likely N-dealkylation sites (N-methyl/N-ethyl adjacent to an activating group) is 1. The summed E-state index contributed by atoms with van der Waals surface area (Å²) in [7, 11) is 2.04. The van der Waals surface area contributed by atoms with Crippen molar-refractivity contribution in [2.75, 3.05) is 33.2 Å². The van der Waals surface area contributed by atoms with E-state index in [0.29, 0.717) is 12.5 Å². The largest absolute Gasteiger partial charge is 0.340 e. The van der Waals surface area contributed by atoms with Crippen molar-refractivity contribution in [2.45, 2.75) is 40.2 Å². The number of rotatable bonds is 4. The van der Waals surface area contributed by atoms with Gasteiger partial charge < -0.3 is 10.6 Å². The van der Waals surface area contributed by atoms with Gasteiger partial charge in [-0.15, -0.1) is 0 Å². The van der Waals surface area contributed by atoms with Crippen LogP contribution in [0.3, 0.4) is 0 Å². The zero-order valence-electron chi connectivity index (χ0n) is 12.6. The standard InChI is InChI=1S/C14H29N3O/c1-11(2)8-17-10-14(3,4)9-16(5)12(6-7-15)13(17)18/h11-12H,6-10,15H2,1-5H3. The smallest absolute Gasteiger partial charge is 0.239 e. The molecule has 1 unspecified atom stereocenters. The first kappa shape index (κ1) is 15.4. The predicted molar refractivity (Wildman–Crippen MR) is 75.3 cm³/mol. The van der Waals surface area contributed by atoms with Gasteiger partial charge in [0.2, 0.25) is 5.91 Å². The van der Waals surface area contributed by atoms with Gasteiger partial charge in [-0.3, -0.25) is 9.69 Å². The maximum Gasteiger partial charge on any atom is 0.239 e. The van der Waals surface area contributed by atoms with Crippen LogP contribution in [0.1, 0.15) is 34.1 Å². The molecule has 1 amide bonds. The molecule has 0 spiro atoms. The summed E-state index contributed by atoms with van der Waals surface area (Å²) in [5.41, 5.74) is 5.79. The second kappa shape index (κ2) is 6.02. The molecule has 4 heteroatoms. The van der Waals surface area contributed by atoms with Gasteiger partial charge in [-0.2, -0.15) is 0 Å². The number of hydrogen-bond acceptors (Lipinski definition) is 3. The number of carbonyl (C=O) groups excluding carboxylic acids is 1. The molecule has 1 aliphatic rings.